The highest BCUT2D eigenvalue weighted by Gasteiger charge is 2.05. The molecule has 2 aromatic rings. The Morgan fingerprint density at radius 1 is 1.47 bits per heavy atom. The monoisotopic (exact) mass is 278 g/mol. The van der Waals surface area contributed by atoms with Crippen LogP contribution < -0.4 is 11.1 Å². The van der Waals surface area contributed by atoms with E-state index >= 15 is 0 Å². The molecule has 6 heteroatoms. The van der Waals surface area contributed by atoms with E-state index in [1.807, 2.05) is 10.8 Å². The zero-order valence-electron chi connectivity index (χ0n) is 10.3. The van der Waals surface area contributed by atoms with Crippen LogP contribution in [0.5, 0.6) is 0 Å². The van der Waals surface area contributed by atoms with Gasteiger partial charge in [-0.2, -0.15) is 0 Å². The van der Waals surface area contributed by atoms with Crippen LogP contribution in [0.1, 0.15) is 12.0 Å². The number of hydrogen-bond acceptors (Lipinski definition) is 3. The number of nitrogens with two attached hydrogens (primary N) is 1. The number of benzene rings is 1. The van der Waals surface area contributed by atoms with E-state index in [9.17, 15) is 4.39 Å². The number of hydrogen-bond donors (Lipinski definition) is 2. The van der Waals surface area contributed by atoms with Gasteiger partial charge in [-0.15, -0.1) is 0 Å². The van der Waals surface area contributed by atoms with E-state index in [-0.39, 0.29) is 10.6 Å². The molecule has 0 radical (unpaired) electrons. The highest BCUT2D eigenvalue weighted by molar-refractivity contribution is 7.80. The molecule has 0 aliphatic carbocycles. The van der Waals surface area contributed by atoms with Gasteiger partial charge in [0.25, 0.3) is 0 Å². The Kier molecular flexibility index (Phi) is 4.46. The molecule has 0 saturated heterocycles. The van der Waals surface area contributed by atoms with Crippen molar-refractivity contribution in [2.75, 3.05) is 11.9 Å². The van der Waals surface area contributed by atoms with Gasteiger partial charge in [0.2, 0.25) is 0 Å². The van der Waals surface area contributed by atoms with E-state index in [1.54, 1.807) is 24.7 Å². The second-order valence-electron chi connectivity index (χ2n) is 4.14. The number of thiocarbonyl (C=S) groups is 1. The molecule has 100 valence electrons. The molecule has 0 bridgehead atoms. The highest BCUT2D eigenvalue weighted by Crippen LogP contribution is 2.14. The first kappa shape index (κ1) is 13.5. The van der Waals surface area contributed by atoms with Crippen molar-refractivity contribution in [3.63, 3.8) is 0 Å². The van der Waals surface area contributed by atoms with E-state index < -0.39 is 5.82 Å². The number of halogens is 1. The van der Waals surface area contributed by atoms with Gasteiger partial charge >= 0.3 is 0 Å². The van der Waals surface area contributed by atoms with Gasteiger partial charge in [-0.25, -0.2) is 9.37 Å². The number of rotatable bonds is 6. The molecule has 1 aromatic carbocycles. The number of nitrogens with one attached hydrogen (secondary N) is 1. The number of anilines is 1. The Hall–Kier alpha value is -1.95. The van der Waals surface area contributed by atoms with Crippen molar-refractivity contribution >= 4 is 22.9 Å². The van der Waals surface area contributed by atoms with Crippen LogP contribution in [0, 0.1) is 5.82 Å². The van der Waals surface area contributed by atoms with Gasteiger partial charge in [0, 0.05) is 36.7 Å². The normalized spacial score (nSPS) is 10.4. The van der Waals surface area contributed by atoms with Crippen LogP contribution in [-0.2, 0) is 6.54 Å². The molecule has 2 rings (SSSR count). The lowest BCUT2D eigenvalue weighted by atomic mass is 10.2. The molecule has 4 nitrogen and oxygen atoms in total. The molecule has 1 aromatic heterocycles. The van der Waals surface area contributed by atoms with Crippen LogP contribution in [0.25, 0.3) is 0 Å². The molecular weight excluding hydrogens is 263 g/mol. The van der Waals surface area contributed by atoms with Crippen molar-refractivity contribution in [3.8, 4) is 0 Å². The van der Waals surface area contributed by atoms with Crippen molar-refractivity contribution < 1.29 is 4.39 Å². The minimum atomic E-state index is -0.396. The number of aromatic nitrogens is 2. The predicted molar refractivity (Wildman–Crippen MR) is 77.6 cm³/mol. The maximum absolute atomic E-state index is 13.6. The van der Waals surface area contributed by atoms with Crippen molar-refractivity contribution in [1.82, 2.24) is 9.55 Å². The summed E-state index contributed by atoms with van der Waals surface area (Å²) in [5, 5.41) is 3.16. The Labute approximate surface area is 116 Å². The van der Waals surface area contributed by atoms with Gasteiger partial charge in [0.1, 0.15) is 10.8 Å². The van der Waals surface area contributed by atoms with Crippen LogP contribution in [0.3, 0.4) is 0 Å². The molecular formula is C13H15FN4S. The van der Waals surface area contributed by atoms with E-state index in [1.165, 1.54) is 6.07 Å². The number of aryl methyl sites for hydroxylation is 1. The fraction of sp³-hybridized carbons (Fsp3) is 0.231. The lowest BCUT2D eigenvalue weighted by Crippen LogP contribution is -2.12. The summed E-state index contributed by atoms with van der Waals surface area (Å²) < 4.78 is 15.6. The molecule has 0 aliphatic heterocycles. The molecule has 3 N–H and O–H groups in total. The summed E-state index contributed by atoms with van der Waals surface area (Å²) in [7, 11) is 0. The molecule has 0 unspecified atom stereocenters. The second-order valence-corrected chi connectivity index (χ2v) is 4.58. The van der Waals surface area contributed by atoms with Crippen LogP contribution in [0.2, 0.25) is 0 Å². The molecule has 0 spiro atoms. The summed E-state index contributed by atoms with van der Waals surface area (Å²) in [6, 6.07) is 4.77. The lowest BCUT2D eigenvalue weighted by Gasteiger charge is -2.08. The fourth-order valence-electron chi connectivity index (χ4n) is 1.74. The van der Waals surface area contributed by atoms with Crippen molar-refractivity contribution in [1.29, 1.82) is 0 Å². The quantitative estimate of drug-likeness (QED) is 0.628. The minimum absolute atomic E-state index is 0.0733. The average Bonchev–Trinajstić information content (AvgIpc) is 2.87. The van der Waals surface area contributed by atoms with Crippen LogP contribution in [-0.4, -0.2) is 21.1 Å². The third-order valence-corrected chi connectivity index (χ3v) is 2.94. The Balaban J connectivity index is 1.83. The summed E-state index contributed by atoms with van der Waals surface area (Å²) in [5.74, 6) is -0.396. The summed E-state index contributed by atoms with van der Waals surface area (Å²) in [6.07, 6.45) is 6.36. The smallest absolute Gasteiger partial charge is 0.135 e. The zero-order chi connectivity index (χ0) is 13.7. The van der Waals surface area contributed by atoms with Gasteiger partial charge in [0.15, 0.2) is 0 Å². The average molecular weight is 278 g/mol. The van der Waals surface area contributed by atoms with E-state index in [2.05, 4.69) is 10.3 Å². The van der Waals surface area contributed by atoms with Crippen molar-refractivity contribution in [2.45, 2.75) is 13.0 Å². The van der Waals surface area contributed by atoms with Gasteiger partial charge in [0.05, 0.1) is 6.33 Å². The van der Waals surface area contributed by atoms with Crippen LogP contribution in [0.4, 0.5) is 10.1 Å². The van der Waals surface area contributed by atoms with Gasteiger partial charge < -0.3 is 15.6 Å². The van der Waals surface area contributed by atoms with Gasteiger partial charge in [-0.1, -0.05) is 12.2 Å². The Bertz CT molecular complexity index is 554. The molecule has 1 heterocycles. The maximum atomic E-state index is 13.6. The van der Waals surface area contributed by atoms with Gasteiger partial charge in [-0.3, -0.25) is 0 Å². The fourth-order valence-corrected chi connectivity index (χ4v) is 1.90. The van der Waals surface area contributed by atoms with Gasteiger partial charge in [-0.05, 0) is 24.6 Å². The molecule has 0 fully saturated rings. The second kappa shape index (κ2) is 6.29. The summed E-state index contributed by atoms with van der Waals surface area (Å²) in [5.41, 5.74) is 6.40. The van der Waals surface area contributed by atoms with Crippen molar-refractivity contribution in [3.05, 3.63) is 48.3 Å². The number of nitrogens with zero attached hydrogens (tertiary/aromatic N) is 2. The summed E-state index contributed by atoms with van der Waals surface area (Å²) in [6.45, 7) is 1.63. The Morgan fingerprint density at radius 3 is 2.95 bits per heavy atom. The molecule has 0 saturated carbocycles. The molecule has 19 heavy (non-hydrogen) atoms. The molecule has 0 atom stereocenters. The topological polar surface area (TPSA) is 55.9 Å². The number of imidazole rings is 1. The summed E-state index contributed by atoms with van der Waals surface area (Å²) >= 11 is 4.75. The third-order valence-electron chi connectivity index (χ3n) is 2.72. The molecule has 0 aliphatic rings. The Morgan fingerprint density at radius 2 is 2.32 bits per heavy atom. The van der Waals surface area contributed by atoms with E-state index in [0.29, 0.717) is 0 Å². The van der Waals surface area contributed by atoms with Crippen LogP contribution in [0.15, 0.2) is 36.9 Å². The first-order valence-electron chi connectivity index (χ1n) is 5.96. The van der Waals surface area contributed by atoms with E-state index in [0.717, 1.165) is 25.2 Å². The van der Waals surface area contributed by atoms with Crippen LogP contribution >= 0.6 is 12.2 Å². The largest absolute Gasteiger partial charge is 0.389 e. The summed E-state index contributed by atoms with van der Waals surface area (Å²) in [4.78, 5) is 4.04. The predicted octanol–water partition coefficient (Wildman–Crippen LogP) is 2.16. The SMILES string of the molecule is NC(=S)c1ccc(NCCCn2ccnc2)cc1F. The lowest BCUT2D eigenvalue weighted by molar-refractivity contribution is 0.625. The molecule has 0 amide bonds. The minimum Gasteiger partial charge on any atom is -0.389 e. The van der Waals surface area contributed by atoms with E-state index in [4.69, 9.17) is 18.0 Å². The highest BCUT2D eigenvalue weighted by atomic mass is 32.1. The third kappa shape index (κ3) is 3.75. The maximum Gasteiger partial charge on any atom is 0.135 e. The standard InChI is InChI=1S/C13H15FN4S/c14-12-8-10(2-3-11(12)13(15)19)17-4-1-6-18-7-5-16-9-18/h2-3,5,7-9,17H,1,4,6H2,(H2,15,19). The van der Waals surface area contributed by atoms with Crippen molar-refractivity contribution in [2.24, 2.45) is 5.73 Å². The first-order chi connectivity index (χ1) is 9.16. The zero-order valence-corrected chi connectivity index (χ0v) is 11.2. The first-order valence-corrected chi connectivity index (χ1v) is 6.36.